The summed E-state index contributed by atoms with van der Waals surface area (Å²) in [6.07, 6.45) is -6.74. The van der Waals surface area contributed by atoms with Crippen LogP contribution in [-0.2, 0) is 10.2 Å². The molecular formula is C19H26F5N3O3. The molecule has 2 heterocycles. The highest BCUT2D eigenvalue weighted by atomic mass is 19.4. The SMILES string of the molecule is CC(C)(C)OC(=O)N1CCC(c2nc(C3CCC(F)(F)CC3)no2)(C(F)(F)F)CC1. The number of carbonyl (C=O) groups is 1. The highest BCUT2D eigenvalue weighted by Gasteiger charge is 2.61. The van der Waals surface area contributed by atoms with E-state index in [0.717, 1.165) is 0 Å². The van der Waals surface area contributed by atoms with E-state index < -0.39 is 53.9 Å². The minimum absolute atomic E-state index is 0.0405. The number of alkyl halides is 5. The summed E-state index contributed by atoms with van der Waals surface area (Å²) in [5, 5.41) is 3.69. The summed E-state index contributed by atoms with van der Waals surface area (Å²) in [5.74, 6) is -3.73. The van der Waals surface area contributed by atoms with E-state index in [2.05, 4.69) is 10.1 Å². The first-order valence-corrected chi connectivity index (χ1v) is 9.99. The van der Waals surface area contributed by atoms with Crippen LogP contribution in [0.2, 0.25) is 0 Å². The topological polar surface area (TPSA) is 68.5 Å². The van der Waals surface area contributed by atoms with Gasteiger partial charge in [-0.1, -0.05) is 5.16 Å². The van der Waals surface area contributed by atoms with Crippen LogP contribution in [0.15, 0.2) is 4.52 Å². The Labute approximate surface area is 171 Å². The molecule has 0 aromatic carbocycles. The number of piperidine rings is 1. The van der Waals surface area contributed by atoms with Crippen molar-refractivity contribution in [3.8, 4) is 0 Å². The zero-order valence-corrected chi connectivity index (χ0v) is 17.2. The quantitative estimate of drug-likeness (QED) is 0.593. The van der Waals surface area contributed by atoms with Crippen LogP contribution < -0.4 is 0 Å². The lowest BCUT2D eigenvalue weighted by Crippen LogP contribution is -2.53. The number of hydrogen-bond acceptors (Lipinski definition) is 5. The van der Waals surface area contributed by atoms with Crippen molar-refractivity contribution in [2.45, 2.75) is 88.3 Å². The molecule has 1 aromatic rings. The zero-order chi connectivity index (χ0) is 22.4. The summed E-state index contributed by atoms with van der Waals surface area (Å²) in [5.41, 5.74) is -3.14. The number of nitrogens with zero attached hydrogens (tertiary/aromatic N) is 3. The molecule has 11 heteroatoms. The number of rotatable bonds is 2. The van der Waals surface area contributed by atoms with Crippen molar-refractivity contribution in [2.75, 3.05) is 13.1 Å². The van der Waals surface area contributed by atoms with Gasteiger partial charge in [-0.15, -0.1) is 0 Å². The van der Waals surface area contributed by atoms with Gasteiger partial charge in [0.1, 0.15) is 11.0 Å². The first-order valence-electron chi connectivity index (χ1n) is 9.99. The van der Waals surface area contributed by atoms with Crippen molar-refractivity contribution in [3.05, 3.63) is 11.7 Å². The Bertz CT molecular complexity index is 754. The van der Waals surface area contributed by atoms with Crippen molar-refractivity contribution >= 4 is 6.09 Å². The lowest BCUT2D eigenvalue weighted by atomic mass is 9.77. The molecular weight excluding hydrogens is 413 g/mol. The smallest absolute Gasteiger partial charge is 0.410 e. The van der Waals surface area contributed by atoms with Crippen LogP contribution in [0.1, 0.15) is 76.9 Å². The molecule has 1 saturated heterocycles. The normalized spacial score (nSPS) is 22.7. The second kappa shape index (κ2) is 7.64. The first-order chi connectivity index (χ1) is 13.7. The van der Waals surface area contributed by atoms with E-state index in [4.69, 9.17) is 9.26 Å². The maximum Gasteiger partial charge on any atom is 0.410 e. The number of aromatic nitrogens is 2. The number of halogens is 5. The standard InChI is InChI=1S/C19H26F5N3O3/c1-16(2,3)29-15(28)27-10-8-17(9-11-27,19(22,23)24)14-25-13(26-30-14)12-4-6-18(20,21)7-5-12/h12H,4-11H2,1-3H3. The summed E-state index contributed by atoms with van der Waals surface area (Å²) in [6, 6.07) is 0. The summed E-state index contributed by atoms with van der Waals surface area (Å²) in [6.45, 7) is 4.67. The third-order valence-corrected chi connectivity index (χ3v) is 5.74. The summed E-state index contributed by atoms with van der Waals surface area (Å²) in [7, 11) is 0. The minimum atomic E-state index is -4.67. The van der Waals surface area contributed by atoms with Gasteiger partial charge in [-0.3, -0.25) is 0 Å². The highest BCUT2D eigenvalue weighted by molar-refractivity contribution is 5.68. The van der Waals surface area contributed by atoms with Crippen LogP contribution in [-0.4, -0.2) is 51.9 Å². The lowest BCUT2D eigenvalue weighted by molar-refractivity contribution is -0.209. The van der Waals surface area contributed by atoms with Gasteiger partial charge in [-0.2, -0.15) is 18.2 Å². The van der Waals surface area contributed by atoms with E-state index in [-0.39, 0.29) is 44.6 Å². The van der Waals surface area contributed by atoms with Gasteiger partial charge in [0.25, 0.3) is 0 Å². The lowest BCUT2D eigenvalue weighted by Gasteiger charge is -2.40. The van der Waals surface area contributed by atoms with Gasteiger partial charge in [-0.25, -0.2) is 13.6 Å². The van der Waals surface area contributed by atoms with Crippen molar-refractivity contribution in [1.29, 1.82) is 0 Å². The van der Waals surface area contributed by atoms with Crippen LogP contribution in [0.25, 0.3) is 0 Å². The fraction of sp³-hybridized carbons (Fsp3) is 0.842. The number of carbonyl (C=O) groups excluding carboxylic acids is 1. The van der Waals surface area contributed by atoms with Crippen molar-refractivity contribution in [3.63, 3.8) is 0 Å². The number of likely N-dealkylation sites (tertiary alicyclic amines) is 1. The maximum atomic E-state index is 14.1. The Morgan fingerprint density at radius 2 is 1.67 bits per heavy atom. The number of hydrogen-bond donors (Lipinski definition) is 0. The minimum Gasteiger partial charge on any atom is -0.444 e. The molecule has 30 heavy (non-hydrogen) atoms. The number of amides is 1. The van der Waals surface area contributed by atoms with Crippen LogP contribution >= 0.6 is 0 Å². The molecule has 170 valence electrons. The molecule has 2 aliphatic rings. The summed E-state index contributed by atoms with van der Waals surface area (Å²) >= 11 is 0. The average molecular weight is 439 g/mol. The molecule has 0 atom stereocenters. The third-order valence-electron chi connectivity index (χ3n) is 5.74. The molecule has 1 amide bonds. The van der Waals surface area contributed by atoms with Crippen LogP contribution in [0.5, 0.6) is 0 Å². The van der Waals surface area contributed by atoms with Gasteiger partial charge >= 0.3 is 12.3 Å². The predicted octanol–water partition coefficient (Wildman–Crippen LogP) is 5.19. The molecule has 1 aromatic heterocycles. The van der Waals surface area contributed by atoms with E-state index in [1.54, 1.807) is 20.8 Å². The van der Waals surface area contributed by atoms with E-state index in [9.17, 15) is 26.7 Å². The largest absolute Gasteiger partial charge is 0.444 e. The second-order valence-corrected chi connectivity index (χ2v) is 9.14. The molecule has 0 bridgehead atoms. The van der Waals surface area contributed by atoms with Crippen molar-refractivity contribution < 1.29 is 36.0 Å². The van der Waals surface area contributed by atoms with E-state index in [0.29, 0.717) is 0 Å². The molecule has 2 fully saturated rings. The zero-order valence-electron chi connectivity index (χ0n) is 17.2. The Morgan fingerprint density at radius 3 is 2.17 bits per heavy atom. The first kappa shape index (κ1) is 22.7. The molecule has 1 saturated carbocycles. The average Bonchev–Trinajstić information content (AvgIpc) is 3.09. The van der Waals surface area contributed by atoms with Crippen LogP contribution in [0.4, 0.5) is 26.7 Å². The number of ether oxygens (including phenoxy) is 1. The maximum absolute atomic E-state index is 14.1. The summed E-state index contributed by atoms with van der Waals surface area (Å²) < 4.78 is 79.2. The Kier molecular flexibility index (Phi) is 5.79. The highest BCUT2D eigenvalue weighted by Crippen LogP contribution is 2.48. The summed E-state index contributed by atoms with van der Waals surface area (Å²) in [4.78, 5) is 17.4. The Balaban J connectivity index is 1.75. The molecule has 1 aliphatic carbocycles. The Hall–Kier alpha value is -1.94. The second-order valence-electron chi connectivity index (χ2n) is 9.14. The van der Waals surface area contributed by atoms with Crippen LogP contribution in [0.3, 0.4) is 0 Å². The van der Waals surface area contributed by atoms with Crippen molar-refractivity contribution in [2.24, 2.45) is 0 Å². The molecule has 0 radical (unpaired) electrons. The molecule has 3 rings (SSSR count). The van der Waals surface area contributed by atoms with Gasteiger partial charge < -0.3 is 14.2 Å². The predicted molar refractivity (Wildman–Crippen MR) is 95.2 cm³/mol. The molecule has 1 aliphatic heterocycles. The van der Waals surface area contributed by atoms with Crippen LogP contribution in [0, 0.1) is 0 Å². The van der Waals surface area contributed by atoms with Gasteiger partial charge in [0.2, 0.25) is 11.8 Å². The van der Waals surface area contributed by atoms with Crippen molar-refractivity contribution in [1.82, 2.24) is 15.0 Å². The molecule has 6 nitrogen and oxygen atoms in total. The molecule has 0 unspecified atom stereocenters. The van der Waals surface area contributed by atoms with Gasteiger partial charge in [0, 0.05) is 31.8 Å². The third kappa shape index (κ3) is 4.69. The molecule has 0 spiro atoms. The Morgan fingerprint density at radius 1 is 1.10 bits per heavy atom. The van der Waals surface area contributed by atoms with E-state index in [1.807, 2.05) is 0 Å². The van der Waals surface area contributed by atoms with Gasteiger partial charge in [-0.05, 0) is 46.5 Å². The molecule has 0 N–H and O–H groups in total. The van der Waals surface area contributed by atoms with Gasteiger partial charge in [0.05, 0.1) is 0 Å². The van der Waals surface area contributed by atoms with E-state index in [1.165, 1.54) is 4.90 Å². The van der Waals surface area contributed by atoms with E-state index >= 15 is 0 Å². The van der Waals surface area contributed by atoms with Gasteiger partial charge in [0.15, 0.2) is 5.82 Å². The fourth-order valence-electron chi connectivity index (χ4n) is 3.91. The monoisotopic (exact) mass is 439 g/mol. The fourth-order valence-corrected chi connectivity index (χ4v) is 3.91.